The van der Waals surface area contributed by atoms with E-state index in [9.17, 15) is 0 Å². The van der Waals surface area contributed by atoms with Crippen molar-refractivity contribution in [3.63, 3.8) is 0 Å². The second kappa shape index (κ2) is 4.98. The maximum atomic E-state index is 5.44. The van der Waals surface area contributed by atoms with Crippen molar-refractivity contribution in [3.05, 3.63) is 40.4 Å². The minimum Gasteiger partial charge on any atom is -0.343 e. The number of hydrogen-bond donors (Lipinski definition) is 1. The number of nitrogens with zero attached hydrogens (tertiary/aromatic N) is 2. The van der Waals surface area contributed by atoms with Crippen LogP contribution in [-0.2, 0) is 12.8 Å². The Morgan fingerprint density at radius 2 is 2.06 bits per heavy atom. The lowest BCUT2D eigenvalue weighted by atomic mass is 10.1. The smallest absolute Gasteiger partial charge is 0.140 e. The van der Waals surface area contributed by atoms with Crippen LogP contribution in [0.4, 0.5) is 0 Å². The number of aromatic nitrogens is 3. The van der Waals surface area contributed by atoms with Crippen LogP contribution >= 0.6 is 12.2 Å². The van der Waals surface area contributed by atoms with E-state index in [0.717, 1.165) is 28.9 Å². The predicted molar refractivity (Wildman–Crippen MR) is 73.9 cm³/mol. The summed E-state index contributed by atoms with van der Waals surface area (Å²) in [7, 11) is 0. The number of aromatic amines is 1. The first kappa shape index (κ1) is 11.5. The van der Waals surface area contributed by atoms with Crippen molar-refractivity contribution >= 4 is 12.2 Å². The molecule has 0 spiro atoms. The summed E-state index contributed by atoms with van der Waals surface area (Å²) in [6, 6.07) is 3.92. The Labute approximate surface area is 111 Å². The monoisotopic (exact) mass is 257 g/mol. The average molecular weight is 257 g/mol. The molecule has 0 aromatic carbocycles. The van der Waals surface area contributed by atoms with Crippen molar-refractivity contribution < 1.29 is 0 Å². The van der Waals surface area contributed by atoms with Gasteiger partial charge in [-0.05, 0) is 37.8 Å². The van der Waals surface area contributed by atoms with Gasteiger partial charge in [-0.1, -0.05) is 18.6 Å². The van der Waals surface area contributed by atoms with Crippen molar-refractivity contribution in [2.24, 2.45) is 0 Å². The number of rotatable bonds is 1. The molecule has 0 amide bonds. The van der Waals surface area contributed by atoms with Crippen molar-refractivity contribution in [2.75, 3.05) is 0 Å². The Hall–Kier alpha value is -1.55. The van der Waals surface area contributed by atoms with Gasteiger partial charge >= 0.3 is 0 Å². The largest absolute Gasteiger partial charge is 0.343 e. The highest BCUT2D eigenvalue weighted by Crippen LogP contribution is 2.22. The fraction of sp³-hybridized carbons (Fsp3) is 0.357. The summed E-state index contributed by atoms with van der Waals surface area (Å²) >= 11 is 5.44. The van der Waals surface area contributed by atoms with E-state index >= 15 is 0 Å². The van der Waals surface area contributed by atoms with E-state index in [1.165, 1.54) is 30.5 Å². The zero-order chi connectivity index (χ0) is 12.4. The van der Waals surface area contributed by atoms with Gasteiger partial charge in [0, 0.05) is 29.2 Å². The molecule has 1 N–H and O–H groups in total. The fourth-order valence-electron chi connectivity index (χ4n) is 2.44. The summed E-state index contributed by atoms with van der Waals surface area (Å²) in [6.45, 7) is 0. The molecular weight excluding hydrogens is 242 g/mol. The van der Waals surface area contributed by atoms with Crippen molar-refractivity contribution in [3.8, 4) is 11.4 Å². The van der Waals surface area contributed by atoms with Crippen molar-refractivity contribution in [2.45, 2.75) is 32.1 Å². The molecule has 0 unspecified atom stereocenters. The van der Waals surface area contributed by atoms with Gasteiger partial charge in [0.2, 0.25) is 0 Å². The molecule has 2 aromatic heterocycles. The molecule has 0 fully saturated rings. The van der Waals surface area contributed by atoms with Crippen LogP contribution in [0.25, 0.3) is 11.4 Å². The summed E-state index contributed by atoms with van der Waals surface area (Å²) in [4.78, 5) is 12.1. The third-order valence-corrected chi connectivity index (χ3v) is 3.73. The van der Waals surface area contributed by atoms with Crippen LogP contribution in [0.1, 0.15) is 30.5 Å². The summed E-state index contributed by atoms with van der Waals surface area (Å²) in [5, 5.41) is 0. The van der Waals surface area contributed by atoms with E-state index in [1.807, 2.05) is 18.3 Å². The standard InChI is InChI=1S/C14H15N3S/c18-14-11-6-2-1-3-7-12(11)16-13(17-14)10-5-4-8-15-9-10/h4-5,8-9H,1-3,6-7H2,(H,16,17,18). The molecule has 2 aromatic rings. The molecule has 2 heterocycles. The molecule has 0 aliphatic heterocycles. The molecule has 0 saturated carbocycles. The number of H-pyrrole nitrogens is 1. The van der Waals surface area contributed by atoms with Gasteiger partial charge in [0.1, 0.15) is 10.5 Å². The third kappa shape index (κ3) is 2.20. The minimum atomic E-state index is 0.754. The molecule has 92 valence electrons. The summed E-state index contributed by atoms with van der Waals surface area (Å²) in [5.74, 6) is 0.841. The maximum absolute atomic E-state index is 5.44. The molecule has 0 bridgehead atoms. The van der Waals surface area contributed by atoms with E-state index < -0.39 is 0 Å². The second-order valence-corrected chi connectivity index (χ2v) is 5.04. The Morgan fingerprint density at radius 1 is 1.17 bits per heavy atom. The number of nitrogens with one attached hydrogen (secondary N) is 1. The van der Waals surface area contributed by atoms with Crippen LogP contribution in [0.5, 0.6) is 0 Å². The first-order chi connectivity index (χ1) is 8.84. The lowest BCUT2D eigenvalue weighted by Crippen LogP contribution is -2.02. The second-order valence-electron chi connectivity index (χ2n) is 4.65. The van der Waals surface area contributed by atoms with Crippen LogP contribution in [0.3, 0.4) is 0 Å². The Balaban J connectivity index is 2.11. The summed E-state index contributed by atoms with van der Waals surface area (Å²) in [6.07, 6.45) is 9.45. The Kier molecular flexibility index (Phi) is 3.19. The maximum Gasteiger partial charge on any atom is 0.140 e. The third-order valence-electron chi connectivity index (χ3n) is 3.39. The summed E-state index contributed by atoms with van der Waals surface area (Å²) < 4.78 is 0.754. The van der Waals surface area contributed by atoms with Gasteiger partial charge in [0.15, 0.2) is 0 Å². The molecule has 4 heteroatoms. The van der Waals surface area contributed by atoms with Crippen LogP contribution < -0.4 is 0 Å². The fourth-order valence-corrected chi connectivity index (χ4v) is 2.75. The molecule has 18 heavy (non-hydrogen) atoms. The molecule has 1 aliphatic rings. The van der Waals surface area contributed by atoms with Crippen LogP contribution in [0.15, 0.2) is 24.5 Å². The van der Waals surface area contributed by atoms with Crippen molar-refractivity contribution in [1.29, 1.82) is 0 Å². The van der Waals surface area contributed by atoms with Crippen molar-refractivity contribution in [1.82, 2.24) is 15.0 Å². The van der Waals surface area contributed by atoms with Gasteiger partial charge in [0.05, 0.1) is 0 Å². The molecule has 3 nitrogen and oxygen atoms in total. The topological polar surface area (TPSA) is 41.6 Å². The van der Waals surface area contributed by atoms with Crippen LogP contribution in [-0.4, -0.2) is 15.0 Å². The lowest BCUT2D eigenvalue weighted by Gasteiger charge is -2.09. The van der Waals surface area contributed by atoms with Gasteiger partial charge in [-0.2, -0.15) is 0 Å². The minimum absolute atomic E-state index is 0.754. The van der Waals surface area contributed by atoms with Gasteiger partial charge in [0.25, 0.3) is 0 Å². The highest BCUT2D eigenvalue weighted by molar-refractivity contribution is 7.71. The lowest BCUT2D eigenvalue weighted by molar-refractivity contribution is 0.708. The Morgan fingerprint density at radius 3 is 2.89 bits per heavy atom. The number of aryl methyl sites for hydroxylation is 1. The van der Waals surface area contributed by atoms with Gasteiger partial charge in [-0.25, -0.2) is 4.98 Å². The number of pyridine rings is 1. The molecule has 0 radical (unpaired) electrons. The molecule has 0 atom stereocenters. The molecular formula is C14H15N3S. The zero-order valence-corrected chi connectivity index (χ0v) is 11.0. The predicted octanol–water partition coefficient (Wildman–Crippen LogP) is 3.47. The molecule has 3 rings (SSSR count). The normalized spacial score (nSPS) is 14.9. The van der Waals surface area contributed by atoms with Crippen LogP contribution in [0.2, 0.25) is 0 Å². The molecule has 1 aliphatic carbocycles. The average Bonchev–Trinajstić information content (AvgIpc) is 2.65. The van der Waals surface area contributed by atoms with Crippen LogP contribution in [0, 0.1) is 4.64 Å². The number of fused-ring (bicyclic) bond motifs is 1. The highest BCUT2D eigenvalue weighted by Gasteiger charge is 2.12. The van der Waals surface area contributed by atoms with E-state index in [0.29, 0.717) is 0 Å². The van der Waals surface area contributed by atoms with E-state index in [1.54, 1.807) is 6.20 Å². The SMILES string of the molecule is S=c1nc(-c2cccnc2)[nH]c2c1CCCCC2. The van der Waals surface area contributed by atoms with E-state index in [4.69, 9.17) is 12.2 Å². The quantitative estimate of drug-likeness (QED) is 0.628. The van der Waals surface area contributed by atoms with E-state index in [-0.39, 0.29) is 0 Å². The first-order valence-corrected chi connectivity index (χ1v) is 6.78. The zero-order valence-electron chi connectivity index (χ0n) is 10.1. The van der Waals surface area contributed by atoms with Gasteiger partial charge in [-0.3, -0.25) is 4.98 Å². The Bertz CT molecular complexity index is 604. The summed E-state index contributed by atoms with van der Waals surface area (Å²) in [5.41, 5.74) is 3.51. The molecule has 0 saturated heterocycles. The van der Waals surface area contributed by atoms with E-state index in [2.05, 4.69) is 15.0 Å². The van der Waals surface area contributed by atoms with Gasteiger partial charge in [-0.15, -0.1) is 0 Å². The number of hydrogen-bond acceptors (Lipinski definition) is 3. The first-order valence-electron chi connectivity index (χ1n) is 6.37. The van der Waals surface area contributed by atoms with Gasteiger partial charge < -0.3 is 4.98 Å². The highest BCUT2D eigenvalue weighted by atomic mass is 32.1.